The quantitative estimate of drug-likeness (QED) is 0.0243. The molecule has 0 aromatic carbocycles. The smallest absolute Gasteiger partial charge is 0.387 e. The number of quaternary nitrogens is 1. The van der Waals surface area contributed by atoms with Crippen LogP contribution in [0.15, 0.2) is 36.5 Å². The fraction of sp³-hybridized carbons (Fsp3) is 0.865. The number of aliphatic hydroxyl groups is 1. The lowest BCUT2D eigenvalue weighted by Gasteiger charge is -2.25. The molecule has 8 nitrogen and oxygen atoms in total. The van der Waals surface area contributed by atoms with Gasteiger partial charge in [-0.15, -0.1) is 0 Å². The van der Waals surface area contributed by atoms with Crippen LogP contribution in [0.3, 0.4) is 0 Å². The Morgan fingerprint density at radius 3 is 1.31 bits per heavy atom. The highest BCUT2D eigenvalue weighted by Crippen LogP contribution is 2.43. The number of carbonyl (C=O) groups is 1. The van der Waals surface area contributed by atoms with Gasteiger partial charge >= 0.3 is 7.82 Å². The van der Waals surface area contributed by atoms with Gasteiger partial charge in [0.25, 0.3) is 0 Å². The van der Waals surface area contributed by atoms with E-state index in [1.165, 1.54) is 180 Å². The van der Waals surface area contributed by atoms with Crippen LogP contribution in [0.25, 0.3) is 0 Å². The van der Waals surface area contributed by atoms with E-state index in [1.54, 1.807) is 6.08 Å². The summed E-state index contributed by atoms with van der Waals surface area (Å²) in [5, 5.41) is 13.9. The van der Waals surface area contributed by atoms with Gasteiger partial charge in [-0.25, -0.2) is 4.57 Å². The molecular formula is C52H102N2O6P+. The zero-order valence-corrected chi connectivity index (χ0v) is 41.8. The second kappa shape index (κ2) is 43.9. The molecule has 0 aliphatic heterocycles. The minimum atomic E-state index is -4.35. The number of aliphatic hydroxyl groups excluding tert-OH is 1. The first kappa shape index (κ1) is 59.7. The maximum Gasteiger partial charge on any atom is 0.472 e. The van der Waals surface area contributed by atoms with Crippen LogP contribution in [0.5, 0.6) is 0 Å². The second-order valence-electron chi connectivity index (χ2n) is 18.9. The van der Waals surface area contributed by atoms with Gasteiger partial charge in [-0.2, -0.15) is 0 Å². The van der Waals surface area contributed by atoms with Gasteiger partial charge in [0, 0.05) is 6.42 Å². The number of unbranched alkanes of at least 4 members (excludes halogenated alkanes) is 30. The molecule has 61 heavy (non-hydrogen) atoms. The molecule has 0 rings (SSSR count). The highest BCUT2D eigenvalue weighted by molar-refractivity contribution is 7.47. The van der Waals surface area contributed by atoms with Crippen LogP contribution in [0.4, 0.5) is 0 Å². The van der Waals surface area contributed by atoms with Crippen LogP contribution >= 0.6 is 7.82 Å². The molecule has 3 N–H and O–H groups in total. The predicted octanol–water partition coefficient (Wildman–Crippen LogP) is 15.0. The number of amides is 1. The average molecular weight is 882 g/mol. The standard InChI is InChI=1S/C52H101N2O6P/c1-6-8-10-12-14-16-18-20-22-24-25-26-27-28-29-30-32-34-36-38-40-42-44-46-52(56)53-50(49-60-61(57,58)59-48-47-54(3,4)5)51(55)45-43-41-39-37-35-33-31-23-21-19-17-15-13-11-9-7-2/h24-25,35,37,43,45,50-51,55H,6-23,26-34,36,38-42,44,46-49H2,1-5H3,(H-,53,56,57,58)/p+1/b25-24-,37-35+,45-43+. The molecule has 1 amide bonds. The van der Waals surface area contributed by atoms with E-state index >= 15 is 0 Å². The number of nitrogens with zero attached hydrogens (tertiary/aromatic N) is 1. The maximum absolute atomic E-state index is 12.9. The normalized spacial score (nSPS) is 14.4. The van der Waals surface area contributed by atoms with Gasteiger partial charge in [0.1, 0.15) is 13.2 Å². The second-order valence-corrected chi connectivity index (χ2v) is 20.3. The first-order valence-corrected chi connectivity index (χ1v) is 27.4. The van der Waals surface area contributed by atoms with Crippen LogP contribution in [-0.2, 0) is 18.4 Å². The summed E-state index contributed by atoms with van der Waals surface area (Å²) in [6.07, 6.45) is 55.1. The topological polar surface area (TPSA) is 105 Å². The summed E-state index contributed by atoms with van der Waals surface area (Å²) in [4.78, 5) is 23.2. The Hall–Kier alpha value is -1.28. The molecule has 0 aliphatic carbocycles. The Morgan fingerprint density at radius 2 is 0.902 bits per heavy atom. The molecule has 0 aromatic rings. The Morgan fingerprint density at radius 1 is 0.541 bits per heavy atom. The lowest BCUT2D eigenvalue weighted by atomic mass is 10.0. The summed E-state index contributed by atoms with van der Waals surface area (Å²) in [5.41, 5.74) is 0. The Kier molecular flexibility index (Phi) is 43.0. The lowest BCUT2D eigenvalue weighted by molar-refractivity contribution is -0.870. The fourth-order valence-corrected chi connectivity index (χ4v) is 8.20. The number of nitrogens with one attached hydrogen (secondary N) is 1. The number of allylic oxidation sites excluding steroid dienone is 5. The number of phosphoric ester groups is 1. The average Bonchev–Trinajstić information content (AvgIpc) is 3.21. The molecule has 0 fully saturated rings. The van der Waals surface area contributed by atoms with Crippen molar-refractivity contribution in [3.05, 3.63) is 36.5 Å². The monoisotopic (exact) mass is 882 g/mol. The summed E-state index contributed by atoms with van der Waals surface area (Å²) in [6, 6.07) is -0.862. The largest absolute Gasteiger partial charge is 0.472 e. The number of phosphoric acid groups is 1. The molecule has 0 radical (unpaired) electrons. The van der Waals surface area contributed by atoms with Crippen LogP contribution in [0, 0.1) is 0 Å². The zero-order valence-electron chi connectivity index (χ0n) is 40.9. The van der Waals surface area contributed by atoms with Crippen molar-refractivity contribution in [2.24, 2.45) is 0 Å². The first-order valence-electron chi connectivity index (χ1n) is 25.9. The van der Waals surface area contributed by atoms with Crippen LogP contribution < -0.4 is 5.32 Å². The number of likely N-dealkylation sites (N-methyl/N-ethyl adjacent to an activating group) is 1. The summed E-state index contributed by atoms with van der Waals surface area (Å²) in [5.74, 6) is -0.186. The van der Waals surface area contributed by atoms with E-state index in [0.29, 0.717) is 17.4 Å². The van der Waals surface area contributed by atoms with Gasteiger partial charge in [-0.05, 0) is 57.8 Å². The van der Waals surface area contributed by atoms with Crippen LogP contribution in [-0.4, -0.2) is 73.4 Å². The number of hydrogen-bond acceptors (Lipinski definition) is 5. The minimum absolute atomic E-state index is 0.0566. The summed E-state index contributed by atoms with van der Waals surface area (Å²) < 4.78 is 23.6. The summed E-state index contributed by atoms with van der Waals surface area (Å²) in [7, 11) is 1.56. The third-order valence-corrected chi connectivity index (χ3v) is 12.6. The zero-order chi connectivity index (χ0) is 45.0. The highest BCUT2D eigenvalue weighted by atomic mass is 31.2. The van der Waals surface area contributed by atoms with Crippen LogP contribution in [0.1, 0.15) is 239 Å². The van der Waals surface area contributed by atoms with Gasteiger partial charge in [-0.3, -0.25) is 13.8 Å². The van der Waals surface area contributed by atoms with E-state index < -0.39 is 20.0 Å². The molecule has 0 heterocycles. The van der Waals surface area contributed by atoms with Gasteiger partial charge < -0.3 is 19.8 Å². The molecule has 0 saturated heterocycles. The Labute approximate surface area is 378 Å². The molecule has 0 bridgehead atoms. The fourth-order valence-electron chi connectivity index (χ4n) is 7.46. The minimum Gasteiger partial charge on any atom is -0.387 e. The van der Waals surface area contributed by atoms with Crippen molar-refractivity contribution in [3.8, 4) is 0 Å². The van der Waals surface area contributed by atoms with Crippen molar-refractivity contribution < 1.29 is 32.9 Å². The van der Waals surface area contributed by atoms with Crippen molar-refractivity contribution in [2.45, 2.75) is 251 Å². The number of carbonyl (C=O) groups excluding carboxylic acids is 1. The predicted molar refractivity (Wildman–Crippen MR) is 263 cm³/mol. The van der Waals surface area contributed by atoms with E-state index in [2.05, 4.69) is 43.5 Å². The third kappa shape index (κ3) is 46.5. The number of rotatable bonds is 47. The van der Waals surface area contributed by atoms with Crippen molar-refractivity contribution in [1.29, 1.82) is 0 Å². The molecule has 3 unspecified atom stereocenters. The molecule has 0 aliphatic rings. The molecule has 0 spiro atoms. The van der Waals surface area contributed by atoms with Gasteiger partial charge in [0.05, 0.1) is 39.9 Å². The highest BCUT2D eigenvalue weighted by Gasteiger charge is 2.27. The first-order chi connectivity index (χ1) is 29.5. The maximum atomic E-state index is 12.9. The Bertz CT molecular complexity index is 1090. The molecule has 360 valence electrons. The summed E-state index contributed by atoms with van der Waals surface area (Å²) in [6.45, 7) is 4.81. The van der Waals surface area contributed by atoms with Crippen molar-refractivity contribution in [1.82, 2.24) is 5.32 Å². The molecule has 9 heteroatoms. The third-order valence-electron chi connectivity index (χ3n) is 11.6. The molecule has 3 atom stereocenters. The Balaban J connectivity index is 4.29. The SMILES string of the molecule is CCCCCCCCCC/C=C\CCCCCCCCCCCCCC(=O)NC(COP(=O)(O)OCC[N+](C)(C)C)C(O)/C=C/CC/C=C/CCCCCCCCCCCC. The van der Waals surface area contributed by atoms with Crippen molar-refractivity contribution in [3.63, 3.8) is 0 Å². The lowest BCUT2D eigenvalue weighted by Crippen LogP contribution is -2.45. The van der Waals surface area contributed by atoms with Crippen LogP contribution in [0.2, 0.25) is 0 Å². The van der Waals surface area contributed by atoms with Gasteiger partial charge in [0.15, 0.2) is 0 Å². The molecular weight excluding hydrogens is 780 g/mol. The van der Waals surface area contributed by atoms with E-state index in [-0.39, 0.29) is 19.1 Å². The van der Waals surface area contributed by atoms with Crippen molar-refractivity contribution in [2.75, 3.05) is 40.9 Å². The summed E-state index contributed by atoms with van der Waals surface area (Å²) >= 11 is 0. The molecule has 0 aromatic heterocycles. The van der Waals surface area contributed by atoms with Gasteiger partial charge in [0.2, 0.25) is 5.91 Å². The number of hydrogen-bond donors (Lipinski definition) is 3. The van der Waals surface area contributed by atoms with E-state index in [4.69, 9.17) is 9.05 Å². The molecule has 0 saturated carbocycles. The van der Waals surface area contributed by atoms with Crippen molar-refractivity contribution >= 4 is 13.7 Å². The van der Waals surface area contributed by atoms with E-state index in [9.17, 15) is 19.4 Å². The van der Waals surface area contributed by atoms with E-state index in [0.717, 1.165) is 38.5 Å². The van der Waals surface area contributed by atoms with Gasteiger partial charge in [-0.1, -0.05) is 211 Å². The van der Waals surface area contributed by atoms with E-state index in [1.807, 2.05) is 27.2 Å².